The molecule has 4 nitrogen and oxygen atoms in total. The first-order chi connectivity index (χ1) is 8.11. The number of amides is 2. The maximum absolute atomic E-state index is 12.0. The summed E-state index contributed by atoms with van der Waals surface area (Å²) in [5, 5.41) is 2.93. The molecular formula is C11H13ClN2O2S. The van der Waals surface area contributed by atoms with E-state index in [0.717, 1.165) is 4.88 Å². The monoisotopic (exact) mass is 272 g/mol. The molecule has 2 rings (SSSR count). The predicted molar refractivity (Wildman–Crippen MR) is 67.0 cm³/mol. The molecule has 6 heteroatoms. The lowest BCUT2D eigenvalue weighted by Gasteiger charge is -2.30. The van der Waals surface area contributed by atoms with Gasteiger partial charge >= 0.3 is 0 Å². The zero-order valence-electron chi connectivity index (χ0n) is 9.40. The Morgan fingerprint density at radius 1 is 1.53 bits per heavy atom. The summed E-state index contributed by atoms with van der Waals surface area (Å²) in [5.74, 6) is -0.322. The minimum absolute atomic E-state index is 0.145. The number of nitrogens with one attached hydrogen (secondary N) is 1. The molecule has 1 saturated heterocycles. The Kier molecular flexibility index (Phi) is 3.81. The molecule has 1 aliphatic heterocycles. The van der Waals surface area contributed by atoms with Gasteiger partial charge in [-0.2, -0.15) is 0 Å². The Hall–Kier alpha value is -0.910. The molecule has 0 bridgehead atoms. The summed E-state index contributed by atoms with van der Waals surface area (Å²) < 4.78 is 0.669. The molecular weight excluding hydrogens is 260 g/mol. The van der Waals surface area contributed by atoms with Crippen LogP contribution in [0.1, 0.15) is 18.2 Å². The summed E-state index contributed by atoms with van der Waals surface area (Å²) in [6.45, 7) is 2.47. The SMILES string of the molecule is CCC1NCC(=O)N(Cc2ccc(Cl)s2)C1=O. The van der Waals surface area contributed by atoms with E-state index in [4.69, 9.17) is 11.6 Å². The normalized spacial score (nSPS) is 21.1. The fourth-order valence-electron chi connectivity index (χ4n) is 1.78. The molecule has 2 amide bonds. The summed E-state index contributed by atoms with van der Waals surface area (Å²) in [5.41, 5.74) is 0. The number of imide groups is 1. The van der Waals surface area contributed by atoms with Crippen molar-refractivity contribution in [2.75, 3.05) is 6.54 Å². The van der Waals surface area contributed by atoms with E-state index in [0.29, 0.717) is 17.3 Å². The van der Waals surface area contributed by atoms with Gasteiger partial charge in [0.25, 0.3) is 0 Å². The van der Waals surface area contributed by atoms with Crippen molar-refractivity contribution in [2.45, 2.75) is 25.9 Å². The first-order valence-corrected chi connectivity index (χ1v) is 6.63. The quantitative estimate of drug-likeness (QED) is 0.851. The number of halogens is 1. The summed E-state index contributed by atoms with van der Waals surface area (Å²) >= 11 is 7.22. The van der Waals surface area contributed by atoms with Gasteiger partial charge in [0.05, 0.1) is 23.5 Å². The smallest absolute Gasteiger partial charge is 0.246 e. The highest BCUT2D eigenvalue weighted by atomic mass is 35.5. The van der Waals surface area contributed by atoms with Gasteiger partial charge in [0.1, 0.15) is 0 Å². The van der Waals surface area contributed by atoms with Crippen LogP contribution in [-0.4, -0.2) is 29.3 Å². The van der Waals surface area contributed by atoms with Crippen LogP contribution in [-0.2, 0) is 16.1 Å². The number of hydrogen-bond acceptors (Lipinski definition) is 4. The van der Waals surface area contributed by atoms with Crippen LogP contribution in [0.3, 0.4) is 0 Å². The van der Waals surface area contributed by atoms with Gasteiger partial charge in [-0.25, -0.2) is 0 Å². The summed E-state index contributed by atoms with van der Waals surface area (Å²) in [6.07, 6.45) is 0.688. The standard InChI is InChI=1S/C11H13ClN2O2S/c1-2-8-11(16)14(10(15)5-13-8)6-7-3-4-9(12)17-7/h3-4,8,13H,2,5-6H2,1H3. The molecule has 2 heterocycles. The van der Waals surface area contributed by atoms with Gasteiger partial charge in [0.15, 0.2) is 0 Å². The third kappa shape index (κ3) is 2.68. The van der Waals surface area contributed by atoms with Crippen LogP contribution in [0, 0.1) is 0 Å². The van der Waals surface area contributed by atoms with Crippen molar-refractivity contribution in [3.05, 3.63) is 21.3 Å². The average Bonchev–Trinajstić information content (AvgIpc) is 2.70. The molecule has 1 N–H and O–H groups in total. The Balaban J connectivity index is 2.12. The molecule has 1 aromatic rings. The molecule has 0 radical (unpaired) electrons. The molecule has 1 aliphatic rings. The Labute approximate surface area is 109 Å². The minimum Gasteiger partial charge on any atom is -0.297 e. The summed E-state index contributed by atoms with van der Waals surface area (Å²) in [4.78, 5) is 25.9. The van der Waals surface area contributed by atoms with Crippen molar-refractivity contribution in [1.82, 2.24) is 10.2 Å². The van der Waals surface area contributed by atoms with E-state index in [1.807, 2.05) is 13.0 Å². The lowest BCUT2D eigenvalue weighted by Crippen LogP contribution is -2.57. The van der Waals surface area contributed by atoms with E-state index >= 15 is 0 Å². The van der Waals surface area contributed by atoms with E-state index in [1.54, 1.807) is 6.07 Å². The first-order valence-electron chi connectivity index (χ1n) is 5.43. The molecule has 1 atom stereocenters. The van der Waals surface area contributed by atoms with Crippen LogP contribution in [0.4, 0.5) is 0 Å². The molecule has 1 fully saturated rings. The highest BCUT2D eigenvalue weighted by Gasteiger charge is 2.32. The average molecular weight is 273 g/mol. The first kappa shape index (κ1) is 12.5. The number of thiophene rings is 1. The van der Waals surface area contributed by atoms with Gasteiger partial charge in [-0.1, -0.05) is 18.5 Å². The Morgan fingerprint density at radius 3 is 2.88 bits per heavy atom. The molecule has 1 unspecified atom stereocenters. The highest BCUT2D eigenvalue weighted by molar-refractivity contribution is 7.16. The van der Waals surface area contributed by atoms with Gasteiger partial charge in [-0.15, -0.1) is 11.3 Å². The topological polar surface area (TPSA) is 49.4 Å². The molecule has 0 spiro atoms. The van der Waals surface area contributed by atoms with Crippen LogP contribution in [0.5, 0.6) is 0 Å². The Bertz CT molecular complexity index is 446. The van der Waals surface area contributed by atoms with Crippen LogP contribution in [0.2, 0.25) is 4.34 Å². The van der Waals surface area contributed by atoms with E-state index < -0.39 is 0 Å². The van der Waals surface area contributed by atoms with Crippen molar-refractivity contribution in [3.63, 3.8) is 0 Å². The molecule has 0 aromatic carbocycles. The zero-order chi connectivity index (χ0) is 12.4. The fourth-order valence-corrected chi connectivity index (χ4v) is 2.86. The minimum atomic E-state index is -0.247. The van der Waals surface area contributed by atoms with E-state index in [2.05, 4.69) is 5.32 Å². The number of carbonyl (C=O) groups excluding carboxylic acids is 2. The second kappa shape index (κ2) is 5.16. The zero-order valence-corrected chi connectivity index (χ0v) is 11.0. The summed E-state index contributed by atoms with van der Waals surface area (Å²) in [6, 6.07) is 3.37. The third-order valence-corrected chi connectivity index (χ3v) is 3.93. The fraction of sp³-hybridized carbons (Fsp3) is 0.455. The molecule has 92 valence electrons. The number of nitrogens with zero attached hydrogens (tertiary/aromatic N) is 1. The largest absolute Gasteiger partial charge is 0.297 e. The molecule has 0 aliphatic carbocycles. The van der Waals surface area contributed by atoms with E-state index in [1.165, 1.54) is 16.2 Å². The van der Waals surface area contributed by atoms with Crippen molar-refractivity contribution in [2.24, 2.45) is 0 Å². The summed E-state index contributed by atoms with van der Waals surface area (Å²) in [7, 11) is 0. The molecule has 0 saturated carbocycles. The lowest BCUT2D eigenvalue weighted by molar-refractivity contribution is -0.150. The maximum Gasteiger partial charge on any atom is 0.246 e. The number of piperazine rings is 1. The number of carbonyl (C=O) groups is 2. The second-order valence-electron chi connectivity index (χ2n) is 3.87. The molecule has 17 heavy (non-hydrogen) atoms. The third-order valence-electron chi connectivity index (χ3n) is 2.72. The van der Waals surface area contributed by atoms with Gasteiger partial charge in [-0.05, 0) is 18.6 Å². The van der Waals surface area contributed by atoms with Crippen LogP contribution < -0.4 is 5.32 Å². The van der Waals surface area contributed by atoms with Crippen LogP contribution in [0.25, 0.3) is 0 Å². The van der Waals surface area contributed by atoms with E-state index in [9.17, 15) is 9.59 Å². The van der Waals surface area contributed by atoms with Gasteiger partial charge in [0.2, 0.25) is 11.8 Å². The van der Waals surface area contributed by atoms with E-state index in [-0.39, 0.29) is 24.4 Å². The Morgan fingerprint density at radius 2 is 2.29 bits per heavy atom. The lowest BCUT2D eigenvalue weighted by atomic mass is 10.1. The highest BCUT2D eigenvalue weighted by Crippen LogP contribution is 2.23. The van der Waals surface area contributed by atoms with Crippen molar-refractivity contribution < 1.29 is 9.59 Å². The maximum atomic E-state index is 12.0. The number of hydrogen-bond donors (Lipinski definition) is 1. The molecule has 1 aromatic heterocycles. The van der Waals surface area contributed by atoms with Crippen molar-refractivity contribution in [3.8, 4) is 0 Å². The predicted octanol–water partition coefficient (Wildman–Crippen LogP) is 1.64. The van der Waals surface area contributed by atoms with Crippen molar-refractivity contribution in [1.29, 1.82) is 0 Å². The van der Waals surface area contributed by atoms with Gasteiger partial charge in [0, 0.05) is 4.88 Å². The number of rotatable bonds is 3. The van der Waals surface area contributed by atoms with Gasteiger partial charge < -0.3 is 0 Å². The van der Waals surface area contributed by atoms with Crippen LogP contribution in [0.15, 0.2) is 12.1 Å². The van der Waals surface area contributed by atoms with Crippen molar-refractivity contribution >= 4 is 34.8 Å². The van der Waals surface area contributed by atoms with Gasteiger partial charge in [-0.3, -0.25) is 19.8 Å². The second-order valence-corrected chi connectivity index (χ2v) is 5.67. The van der Waals surface area contributed by atoms with Crippen LogP contribution >= 0.6 is 22.9 Å².